The second kappa shape index (κ2) is 4.65. The number of rotatable bonds is 1. The third-order valence-electron chi connectivity index (χ3n) is 2.39. The van der Waals surface area contributed by atoms with E-state index in [4.69, 9.17) is 5.73 Å². The van der Waals surface area contributed by atoms with Crippen LogP contribution in [0.3, 0.4) is 0 Å². The number of hydrogen-bond donors (Lipinski definition) is 1. The van der Waals surface area contributed by atoms with Gasteiger partial charge in [0.15, 0.2) is 5.01 Å². The first-order chi connectivity index (χ1) is 9.09. The number of anilines is 1. The molecule has 20 heavy (non-hydrogen) atoms. The van der Waals surface area contributed by atoms with E-state index in [1.54, 1.807) is 0 Å². The van der Waals surface area contributed by atoms with E-state index in [-0.39, 0.29) is 16.1 Å². The van der Waals surface area contributed by atoms with Crippen molar-refractivity contribution in [2.75, 3.05) is 5.73 Å². The lowest BCUT2D eigenvalue weighted by Gasteiger charge is -2.09. The summed E-state index contributed by atoms with van der Waals surface area (Å²) >= 11 is 0.323. The Labute approximate surface area is 112 Å². The monoisotopic (exact) mass is 312 g/mol. The van der Waals surface area contributed by atoms with Crippen molar-refractivity contribution in [1.82, 2.24) is 4.98 Å². The van der Waals surface area contributed by atoms with Crippen molar-refractivity contribution in [3.63, 3.8) is 0 Å². The molecular weight excluding hydrogens is 306 g/mol. The van der Waals surface area contributed by atoms with Crippen molar-refractivity contribution in [1.29, 1.82) is 0 Å². The van der Waals surface area contributed by atoms with Crippen LogP contribution >= 0.6 is 11.3 Å². The van der Waals surface area contributed by atoms with E-state index in [0.29, 0.717) is 17.4 Å². The van der Waals surface area contributed by atoms with E-state index < -0.39 is 22.9 Å². The maximum atomic E-state index is 12.4. The van der Waals surface area contributed by atoms with Crippen LogP contribution in [0.15, 0.2) is 24.4 Å². The van der Waals surface area contributed by atoms with Gasteiger partial charge in [0.25, 0.3) is 0 Å². The van der Waals surface area contributed by atoms with Crippen LogP contribution in [0.5, 0.6) is 0 Å². The summed E-state index contributed by atoms with van der Waals surface area (Å²) in [4.78, 5) is 3.25. The predicted molar refractivity (Wildman–Crippen MR) is 62.0 cm³/mol. The molecule has 1 heterocycles. The van der Waals surface area contributed by atoms with Crippen molar-refractivity contribution in [3.8, 4) is 10.4 Å². The Kier molecular flexibility index (Phi) is 3.41. The fourth-order valence-corrected chi connectivity index (χ4v) is 2.32. The molecule has 2 N–H and O–H groups in total. The van der Waals surface area contributed by atoms with Gasteiger partial charge in [-0.2, -0.15) is 26.3 Å². The molecule has 2 aromatic rings. The van der Waals surface area contributed by atoms with E-state index in [9.17, 15) is 26.3 Å². The van der Waals surface area contributed by atoms with Crippen molar-refractivity contribution in [2.24, 2.45) is 0 Å². The van der Waals surface area contributed by atoms with Gasteiger partial charge in [-0.05, 0) is 12.1 Å². The smallest absolute Gasteiger partial charge is 0.398 e. The Balaban J connectivity index is 2.42. The highest BCUT2D eigenvalue weighted by atomic mass is 32.1. The third kappa shape index (κ3) is 2.87. The number of nitrogens with zero attached hydrogens (tertiary/aromatic N) is 1. The first-order valence-electron chi connectivity index (χ1n) is 5.09. The molecule has 0 radical (unpaired) electrons. The van der Waals surface area contributed by atoms with E-state index >= 15 is 0 Å². The highest BCUT2D eigenvalue weighted by Crippen LogP contribution is 2.39. The molecule has 0 saturated heterocycles. The molecular formula is C11H6F6N2S. The van der Waals surface area contributed by atoms with Gasteiger partial charge in [-0.25, -0.2) is 4.98 Å². The molecule has 0 aliphatic carbocycles. The molecule has 0 spiro atoms. The second-order valence-electron chi connectivity index (χ2n) is 3.83. The normalized spacial score (nSPS) is 12.7. The molecule has 1 aromatic heterocycles. The zero-order valence-electron chi connectivity index (χ0n) is 9.51. The molecule has 0 aliphatic rings. The quantitative estimate of drug-likeness (QED) is 0.625. The summed E-state index contributed by atoms with van der Waals surface area (Å²) in [6.45, 7) is 0. The number of alkyl halides is 6. The third-order valence-corrected chi connectivity index (χ3v) is 3.47. The first kappa shape index (κ1) is 14.6. The van der Waals surface area contributed by atoms with E-state index in [0.717, 1.165) is 18.3 Å². The topological polar surface area (TPSA) is 38.9 Å². The van der Waals surface area contributed by atoms with Gasteiger partial charge < -0.3 is 5.73 Å². The van der Waals surface area contributed by atoms with Crippen LogP contribution in [0.1, 0.15) is 10.6 Å². The molecule has 2 rings (SSSR count). The molecule has 1 aromatic carbocycles. The number of hydrogen-bond acceptors (Lipinski definition) is 3. The Morgan fingerprint density at radius 1 is 1.00 bits per heavy atom. The summed E-state index contributed by atoms with van der Waals surface area (Å²) in [7, 11) is 0. The zero-order valence-corrected chi connectivity index (χ0v) is 10.3. The molecule has 0 saturated carbocycles. The van der Waals surface area contributed by atoms with Crippen LogP contribution in [0.25, 0.3) is 10.4 Å². The Morgan fingerprint density at radius 3 is 2.10 bits per heavy atom. The number of thiazole rings is 1. The van der Waals surface area contributed by atoms with E-state index in [2.05, 4.69) is 4.98 Å². The maximum Gasteiger partial charge on any atom is 0.443 e. The lowest BCUT2D eigenvalue weighted by Crippen LogP contribution is -2.05. The number of nitrogens with two attached hydrogens (primary N) is 1. The van der Waals surface area contributed by atoms with Gasteiger partial charge in [0.1, 0.15) is 0 Å². The average molecular weight is 312 g/mol. The van der Waals surface area contributed by atoms with Gasteiger partial charge in [-0.3, -0.25) is 0 Å². The summed E-state index contributed by atoms with van der Waals surface area (Å²) in [5.41, 5.74) is 4.34. The molecule has 0 fully saturated rings. The van der Waals surface area contributed by atoms with Gasteiger partial charge in [0, 0.05) is 17.4 Å². The highest BCUT2D eigenvalue weighted by Gasteiger charge is 2.35. The van der Waals surface area contributed by atoms with Crippen LogP contribution in [0.4, 0.5) is 32.0 Å². The largest absolute Gasteiger partial charge is 0.443 e. The van der Waals surface area contributed by atoms with Crippen LogP contribution in [0, 0.1) is 0 Å². The highest BCUT2D eigenvalue weighted by molar-refractivity contribution is 7.15. The summed E-state index contributed by atoms with van der Waals surface area (Å²) in [5, 5.41) is -1.08. The summed E-state index contributed by atoms with van der Waals surface area (Å²) in [5.74, 6) is 0. The van der Waals surface area contributed by atoms with Crippen molar-refractivity contribution in [2.45, 2.75) is 12.4 Å². The fraction of sp³-hybridized carbons (Fsp3) is 0.182. The number of halogens is 6. The summed E-state index contributed by atoms with van der Waals surface area (Å²) < 4.78 is 74.6. The first-order valence-corrected chi connectivity index (χ1v) is 5.91. The SMILES string of the molecule is Nc1cc(C(F)(F)F)ccc1-c1cnc(C(F)(F)F)s1. The van der Waals surface area contributed by atoms with Crippen LogP contribution in [-0.4, -0.2) is 4.98 Å². The van der Waals surface area contributed by atoms with Crippen molar-refractivity contribution >= 4 is 17.0 Å². The molecule has 108 valence electrons. The lowest BCUT2D eigenvalue weighted by molar-refractivity contribution is -0.138. The molecule has 9 heteroatoms. The fourth-order valence-electron chi connectivity index (χ4n) is 1.49. The lowest BCUT2D eigenvalue weighted by atomic mass is 10.1. The predicted octanol–water partition coefficient (Wildman–Crippen LogP) is 4.43. The van der Waals surface area contributed by atoms with Gasteiger partial charge in [-0.1, -0.05) is 6.07 Å². The van der Waals surface area contributed by atoms with Crippen molar-refractivity contribution in [3.05, 3.63) is 35.0 Å². The minimum absolute atomic E-state index is 0.0588. The second-order valence-corrected chi connectivity index (χ2v) is 4.86. The van der Waals surface area contributed by atoms with Gasteiger partial charge >= 0.3 is 12.4 Å². The van der Waals surface area contributed by atoms with Crippen molar-refractivity contribution < 1.29 is 26.3 Å². The van der Waals surface area contributed by atoms with E-state index in [1.165, 1.54) is 0 Å². The van der Waals surface area contributed by atoms with E-state index in [1.807, 2.05) is 0 Å². The minimum Gasteiger partial charge on any atom is -0.398 e. The minimum atomic E-state index is -4.59. The maximum absolute atomic E-state index is 12.4. The molecule has 2 nitrogen and oxygen atoms in total. The number of benzene rings is 1. The molecule has 0 atom stereocenters. The molecule has 0 bridgehead atoms. The number of nitrogen functional groups attached to an aromatic ring is 1. The zero-order chi connectivity index (χ0) is 15.1. The van der Waals surface area contributed by atoms with Crippen LogP contribution in [0.2, 0.25) is 0 Å². The Morgan fingerprint density at radius 2 is 1.65 bits per heavy atom. The van der Waals surface area contributed by atoms with Crippen LogP contribution in [-0.2, 0) is 12.4 Å². The summed E-state index contributed by atoms with van der Waals surface area (Å²) in [6.07, 6.45) is -8.21. The van der Waals surface area contributed by atoms with Gasteiger partial charge in [0.05, 0.1) is 10.4 Å². The van der Waals surface area contributed by atoms with Gasteiger partial charge in [-0.15, -0.1) is 11.3 Å². The average Bonchev–Trinajstić information content (AvgIpc) is 2.76. The standard InChI is InChI=1S/C11H6F6N2S/c12-10(13,14)5-1-2-6(7(18)3-5)8-4-19-9(20-8)11(15,16)17/h1-4H,18H2. The van der Waals surface area contributed by atoms with Crippen LogP contribution < -0.4 is 5.73 Å². The molecule has 0 aliphatic heterocycles. The molecule has 0 amide bonds. The Bertz CT molecular complexity index is 629. The van der Waals surface area contributed by atoms with Gasteiger partial charge in [0.2, 0.25) is 0 Å². The number of aromatic nitrogens is 1. The Hall–Kier alpha value is -1.77. The summed E-state index contributed by atoms with van der Waals surface area (Å²) in [6, 6.07) is 2.48. The molecule has 0 unspecified atom stereocenters.